The molecule has 2 nitrogen and oxygen atoms in total. The van der Waals surface area contributed by atoms with Gasteiger partial charge in [-0.25, -0.2) is 0 Å². The van der Waals surface area contributed by atoms with E-state index in [1.54, 1.807) is 12.1 Å². The molecule has 15 heavy (non-hydrogen) atoms. The summed E-state index contributed by atoms with van der Waals surface area (Å²) < 4.78 is 0. The largest absolute Gasteiger partial charge is 0.508 e. The number of rotatable bonds is 5. The van der Waals surface area contributed by atoms with E-state index < -0.39 is 0 Å². The molecule has 0 aromatic heterocycles. The maximum absolute atomic E-state index is 9.13. The lowest BCUT2D eigenvalue weighted by atomic mass is 10.2. The van der Waals surface area contributed by atoms with Crippen LogP contribution in [-0.4, -0.2) is 30.0 Å². The minimum atomic E-state index is 0. The van der Waals surface area contributed by atoms with E-state index in [0.717, 1.165) is 18.8 Å². The first-order valence-corrected chi connectivity index (χ1v) is 5.50. The second-order valence-electron chi connectivity index (χ2n) is 2.88. The Morgan fingerprint density at radius 3 is 1.87 bits per heavy atom. The van der Waals surface area contributed by atoms with Crippen LogP contribution in [0.2, 0.25) is 0 Å². The molecule has 1 aromatic carbocycles. The number of nitrogens with zero attached hydrogens (tertiary/aromatic N) is 1. The summed E-state index contributed by atoms with van der Waals surface area (Å²) in [4.78, 5) is 2.08. The molecular formula is C10H14Cl3NO. The molecule has 1 aromatic rings. The molecule has 0 heterocycles. The summed E-state index contributed by atoms with van der Waals surface area (Å²) in [6.07, 6.45) is 0. The third-order valence-electron chi connectivity index (χ3n) is 1.92. The highest BCUT2D eigenvalue weighted by molar-refractivity contribution is 6.18. The second kappa shape index (κ2) is 7.91. The third kappa shape index (κ3) is 4.83. The Balaban J connectivity index is 0.00000196. The van der Waals surface area contributed by atoms with Gasteiger partial charge in [0.1, 0.15) is 5.75 Å². The van der Waals surface area contributed by atoms with Crippen molar-refractivity contribution >= 4 is 41.3 Å². The molecule has 0 atom stereocenters. The van der Waals surface area contributed by atoms with Crippen molar-refractivity contribution in [2.45, 2.75) is 0 Å². The van der Waals surface area contributed by atoms with Gasteiger partial charge in [0.25, 0.3) is 0 Å². The molecule has 5 heteroatoms. The minimum absolute atomic E-state index is 0. The summed E-state index contributed by atoms with van der Waals surface area (Å²) in [6.45, 7) is 1.53. The van der Waals surface area contributed by atoms with Crippen LogP contribution in [-0.2, 0) is 0 Å². The Labute approximate surface area is 106 Å². The van der Waals surface area contributed by atoms with Crippen LogP contribution < -0.4 is 4.90 Å². The molecule has 0 aliphatic heterocycles. The maximum Gasteiger partial charge on any atom is 0.115 e. The summed E-state index contributed by atoms with van der Waals surface area (Å²) in [5.74, 6) is 1.40. The summed E-state index contributed by atoms with van der Waals surface area (Å²) in [5, 5.41) is 9.13. The van der Waals surface area contributed by atoms with Crippen LogP contribution in [0.25, 0.3) is 0 Å². The predicted molar refractivity (Wildman–Crippen MR) is 69.0 cm³/mol. The SMILES string of the molecule is Cl.Oc1ccc(N(CCCl)CCCl)cc1. The van der Waals surface area contributed by atoms with Gasteiger partial charge in [0, 0.05) is 30.5 Å². The van der Waals surface area contributed by atoms with Gasteiger partial charge in [-0.05, 0) is 24.3 Å². The normalized spacial score (nSPS) is 9.47. The zero-order valence-corrected chi connectivity index (χ0v) is 10.5. The lowest BCUT2D eigenvalue weighted by Gasteiger charge is -2.22. The highest BCUT2D eigenvalue weighted by atomic mass is 35.5. The molecule has 0 unspecified atom stereocenters. The number of benzene rings is 1. The molecular weight excluding hydrogens is 256 g/mol. The Bertz CT molecular complexity index is 260. The molecule has 0 radical (unpaired) electrons. The summed E-state index contributed by atoms with van der Waals surface area (Å²) >= 11 is 11.4. The van der Waals surface area contributed by atoms with Crippen molar-refractivity contribution in [2.24, 2.45) is 0 Å². The smallest absolute Gasteiger partial charge is 0.115 e. The van der Waals surface area contributed by atoms with Crippen molar-refractivity contribution in [1.82, 2.24) is 0 Å². The van der Waals surface area contributed by atoms with E-state index in [2.05, 4.69) is 4.90 Å². The van der Waals surface area contributed by atoms with Gasteiger partial charge in [-0.15, -0.1) is 35.6 Å². The Hall–Kier alpha value is -0.310. The Morgan fingerprint density at radius 1 is 1.00 bits per heavy atom. The van der Waals surface area contributed by atoms with Gasteiger partial charge in [0.05, 0.1) is 0 Å². The Kier molecular flexibility index (Phi) is 7.75. The molecule has 1 N–H and O–H groups in total. The molecule has 0 saturated heterocycles. The zero-order chi connectivity index (χ0) is 10.4. The fraction of sp³-hybridized carbons (Fsp3) is 0.400. The van der Waals surface area contributed by atoms with Gasteiger partial charge in [0.2, 0.25) is 0 Å². The van der Waals surface area contributed by atoms with Crippen LogP contribution in [0.15, 0.2) is 24.3 Å². The monoisotopic (exact) mass is 269 g/mol. The van der Waals surface area contributed by atoms with Crippen LogP contribution in [0, 0.1) is 0 Å². The second-order valence-corrected chi connectivity index (χ2v) is 3.64. The standard InChI is InChI=1S/C10H13Cl2NO.ClH/c11-5-7-13(8-6-12)9-1-3-10(14)4-2-9;/h1-4,14H,5-8H2;1H. The lowest BCUT2D eigenvalue weighted by Crippen LogP contribution is -2.27. The summed E-state index contributed by atoms with van der Waals surface area (Å²) in [5.41, 5.74) is 1.03. The number of halogens is 3. The molecule has 0 aliphatic carbocycles. The quantitative estimate of drug-likeness (QED) is 0.831. The van der Waals surface area contributed by atoms with Crippen molar-refractivity contribution in [2.75, 3.05) is 29.7 Å². The first kappa shape index (κ1) is 14.7. The molecule has 0 aliphatic rings. The third-order valence-corrected chi connectivity index (χ3v) is 2.26. The van der Waals surface area contributed by atoms with E-state index in [4.69, 9.17) is 28.3 Å². The number of hydrogen-bond acceptors (Lipinski definition) is 2. The van der Waals surface area contributed by atoms with Crippen molar-refractivity contribution in [3.8, 4) is 5.75 Å². The molecule has 0 fully saturated rings. The van der Waals surface area contributed by atoms with Crippen molar-refractivity contribution in [3.05, 3.63) is 24.3 Å². The number of phenolic OH excluding ortho intramolecular Hbond substituents is 1. The fourth-order valence-electron chi connectivity index (χ4n) is 1.24. The highest BCUT2D eigenvalue weighted by Gasteiger charge is 2.04. The summed E-state index contributed by atoms with van der Waals surface area (Å²) in [6, 6.07) is 7.03. The number of phenols is 1. The minimum Gasteiger partial charge on any atom is -0.508 e. The van der Waals surface area contributed by atoms with Gasteiger partial charge in [0.15, 0.2) is 0 Å². The van der Waals surface area contributed by atoms with E-state index in [9.17, 15) is 0 Å². The van der Waals surface area contributed by atoms with Gasteiger partial charge in [-0.3, -0.25) is 0 Å². The van der Waals surface area contributed by atoms with Crippen molar-refractivity contribution < 1.29 is 5.11 Å². The first-order chi connectivity index (χ1) is 6.77. The van der Waals surface area contributed by atoms with Gasteiger partial charge >= 0.3 is 0 Å². The van der Waals surface area contributed by atoms with E-state index in [0.29, 0.717) is 11.8 Å². The molecule has 0 spiro atoms. The van der Waals surface area contributed by atoms with Crippen LogP contribution in [0.1, 0.15) is 0 Å². The maximum atomic E-state index is 9.13. The molecule has 0 bridgehead atoms. The van der Waals surface area contributed by atoms with Gasteiger partial charge < -0.3 is 10.0 Å². The average molecular weight is 271 g/mol. The van der Waals surface area contributed by atoms with Crippen LogP contribution in [0.5, 0.6) is 5.75 Å². The van der Waals surface area contributed by atoms with E-state index in [1.807, 2.05) is 12.1 Å². The molecule has 0 amide bonds. The first-order valence-electron chi connectivity index (χ1n) is 4.44. The van der Waals surface area contributed by atoms with E-state index in [1.165, 1.54) is 0 Å². The van der Waals surface area contributed by atoms with Crippen LogP contribution >= 0.6 is 35.6 Å². The highest BCUT2D eigenvalue weighted by Crippen LogP contribution is 2.18. The molecule has 1 rings (SSSR count). The molecule has 86 valence electrons. The van der Waals surface area contributed by atoms with Crippen LogP contribution in [0.4, 0.5) is 5.69 Å². The summed E-state index contributed by atoms with van der Waals surface area (Å²) in [7, 11) is 0. The zero-order valence-electron chi connectivity index (χ0n) is 8.20. The fourth-order valence-corrected chi connectivity index (χ4v) is 1.65. The topological polar surface area (TPSA) is 23.5 Å². The van der Waals surface area contributed by atoms with Crippen molar-refractivity contribution in [1.29, 1.82) is 0 Å². The van der Waals surface area contributed by atoms with E-state index >= 15 is 0 Å². The van der Waals surface area contributed by atoms with Gasteiger partial charge in [-0.1, -0.05) is 0 Å². The Morgan fingerprint density at radius 2 is 1.47 bits per heavy atom. The number of hydrogen-bond donors (Lipinski definition) is 1. The van der Waals surface area contributed by atoms with Crippen molar-refractivity contribution in [3.63, 3.8) is 0 Å². The molecule has 0 saturated carbocycles. The predicted octanol–water partition coefficient (Wildman–Crippen LogP) is 3.10. The van der Waals surface area contributed by atoms with E-state index in [-0.39, 0.29) is 18.2 Å². The number of aromatic hydroxyl groups is 1. The number of alkyl halides is 2. The lowest BCUT2D eigenvalue weighted by molar-refractivity contribution is 0.475. The van der Waals surface area contributed by atoms with Gasteiger partial charge in [-0.2, -0.15) is 0 Å². The number of anilines is 1. The average Bonchev–Trinajstić information content (AvgIpc) is 2.19. The van der Waals surface area contributed by atoms with Crippen LogP contribution in [0.3, 0.4) is 0 Å².